The van der Waals surface area contributed by atoms with Crippen molar-refractivity contribution in [2.75, 3.05) is 19.2 Å². The zero-order valence-corrected chi connectivity index (χ0v) is 7.90. The summed E-state index contributed by atoms with van der Waals surface area (Å²) in [6.07, 6.45) is 0.904. The number of hydrogen-bond acceptors (Lipinski definition) is 3. The molecule has 76 valence electrons. The van der Waals surface area contributed by atoms with Crippen LogP contribution in [0.3, 0.4) is 0 Å². The molecule has 1 heterocycles. The fraction of sp³-hybridized carbons (Fsp3) is 1.00. The molecule has 6 nitrogen and oxygen atoms in total. The van der Waals surface area contributed by atoms with Crippen LogP contribution in [0.1, 0.15) is 12.8 Å². The highest BCUT2D eigenvalue weighted by atomic mass is 35.5. The summed E-state index contributed by atoms with van der Waals surface area (Å²) >= 11 is 5.20. The highest BCUT2D eigenvalue weighted by Gasteiger charge is 2.27. The summed E-state index contributed by atoms with van der Waals surface area (Å²) in [6.45, 7) is 1.03. The van der Waals surface area contributed by atoms with Crippen molar-refractivity contribution in [3.63, 3.8) is 0 Å². The fourth-order valence-corrected chi connectivity index (χ4v) is 1.22. The molecule has 0 aliphatic carbocycles. The van der Waals surface area contributed by atoms with Crippen molar-refractivity contribution in [1.82, 2.24) is 10.6 Å². The number of hydrazine groups is 2. The van der Waals surface area contributed by atoms with Gasteiger partial charge in [0.05, 0.1) is 24.1 Å². The molecule has 1 aliphatic heterocycles. The number of alkyl halides is 1. The molecule has 0 aromatic heterocycles. The van der Waals surface area contributed by atoms with Crippen LogP contribution in [0.25, 0.3) is 0 Å². The second-order valence-corrected chi connectivity index (χ2v) is 3.02. The largest absolute Gasteiger partial charge is 0.393 e. The van der Waals surface area contributed by atoms with E-state index in [1.165, 1.54) is 5.01 Å². The molecule has 0 bridgehead atoms. The minimum atomic E-state index is -0.293. The normalized spacial score (nSPS) is 18.8. The van der Waals surface area contributed by atoms with Gasteiger partial charge in [0.15, 0.2) is 6.07 Å². The van der Waals surface area contributed by atoms with Crippen molar-refractivity contribution < 1.29 is 14.9 Å². The van der Waals surface area contributed by atoms with Crippen molar-refractivity contribution in [3.05, 3.63) is 4.91 Å². The quantitative estimate of drug-likeness (QED) is 0.381. The molecule has 1 fully saturated rings. The third-order valence-electron chi connectivity index (χ3n) is 1.89. The Morgan fingerprint density at radius 1 is 1.62 bits per heavy atom. The third kappa shape index (κ3) is 3.33. The van der Waals surface area contributed by atoms with Crippen LogP contribution >= 0.6 is 11.6 Å². The SMILES string of the molecule is O=[N+](NOCCl)N1CCC(O)CC1. The summed E-state index contributed by atoms with van der Waals surface area (Å²) in [5.41, 5.74) is 2.11. The van der Waals surface area contributed by atoms with Gasteiger partial charge in [0.1, 0.15) is 0 Å². The van der Waals surface area contributed by atoms with E-state index in [4.69, 9.17) is 16.7 Å². The minimum absolute atomic E-state index is 0.0881. The Balaban J connectivity index is 2.23. The number of rotatable bonds is 4. The van der Waals surface area contributed by atoms with Gasteiger partial charge in [-0.05, 0) is 12.8 Å². The van der Waals surface area contributed by atoms with Crippen LogP contribution in [-0.4, -0.2) is 40.4 Å². The average molecular weight is 211 g/mol. The molecule has 13 heavy (non-hydrogen) atoms. The number of halogens is 1. The van der Waals surface area contributed by atoms with E-state index in [9.17, 15) is 4.91 Å². The van der Waals surface area contributed by atoms with Gasteiger partial charge in [-0.15, -0.1) is 5.01 Å². The first-order valence-corrected chi connectivity index (χ1v) is 4.61. The predicted octanol–water partition coefficient (Wildman–Crippen LogP) is -0.231. The number of nitrogens with zero attached hydrogens (tertiary/aromatic N) is 2. The summed E-state index contributed by atoms with van der Waals surface area (Å²) in [5.74, 6) is 0. The van der Waals surface area contributed by atoms with Crippen LogP contribution in [-0.2, 0) is 4.84 Å². The van der Waals surface area contributed by atoms with Crippen LogP contribution in [0.5, 0.6) is 0 Å². The van der Waals surface area contributed by atoms with E-state index in [0.29, 0.717) is 30.9 Å². The van der Waals surface area contributed by atoms with Crippen LogP contribution in [0.2, 0.25) is 0 Å². The Morgan fingerprint density at radius 3 is 2.77 bits per heavy atom. The van der Waals surface area contributed by atoms with E-state index >= 15 is 0 Å². The van der Waals surface area contributed by atoms with Gasteiger partial charge in [0, 0.05) is 5.59 Å². The molecule has 0 radical (unpaired) electrons. The highest BCUT2D eigenvalue weighted by molar-refractivity contribution is 6.17. The van der Waals surface area contributed by atoms with Crippen molar-refractivity contribution >= 4 is 11.6 Å². The maximum Gasteiger partial charge on any atom is 0.274 e. The maximum absolute atomic E-state index is 11.1. The molecule has 0 unspecified atom stereocenters. The molecule has 0 saturated carbocycles. The van der Waals surface area contributed by atoms with E-state index in [1.54, 1.807) is 0 Å². The van der Waals surface area contributed by atoms with Gasteiger partial charge in [-0.25, -0.2) is 4.84 Å². The first-order valence-electron chi connectivity index (χ1n) is 4.07. The second kappa shape index (κ2) is 5.21. The lowest BCUT2D eigenvalue weighted by Gasteiger charge is -2.21. The molecule has 0 atom stereocenters. The molecule has 1 saturated heterocycles. The minimum Gasteiger partial charge on any atom is -0.393 e. The molecule has 0 spiro atoms. The summed E-state index contributed by atoms with van der Waals surface area (Å²) in [4.78, 5) is 16.1. The standard InChI is InChI=1S/C6H13ClN3O3/c7-5-13-8-10(12)9-3-1-6(11)2-4-9/h6,11H,1-5H2,(H,8,12)/q+1. The number of nitroso groups, excluding NO2 is 1. The number of piperidine rings is 1. The molecule has 1 rings (SSSR count). The van der Waals surface area contributed by atoms with E-state index in [1.807, 2.05) is 0 Å². The van der Waals surface area contributed by atoms with Gasteiger partial charge in [0.25, 0.3) is 4.98 Å². The zero-order chi connectivity index (χ0) is 9.68. The van der Waals surface area contributed by atoms with E-state index in [-0.39, 0.29) is 12.2 Å². The number of aliphatic hydroxyl groups excluding tert-OH is 1. The van der Waals surface area contributed by atoms with Crippen molar-refractivity contribution in [3.8, 4) is 0 Å². The van der Waals surface area contributed by atoms with Crippen LogP contribution in [0.15, 0.2) is 0 Å². The molecule has 1 aliphatic rings. The summed E-state index contributed by atoms with van der Waals surface area (Å²) in [7, 11) is 0. The van der Waals surface area contributed by atoms with Crippen molar-refractivity contribution in [2.24, 2.45) is 0 Å². The van der Waals surface area contributed by atoms with E-state index in [2.05, 4.69) is 10.4 Å². The fourth-order valence-electron chi connectivity index (χ4n) is 1.17. The first-order chi connectivity index (χ1) is 6.24. The van der Waals surface area contributed by atoms with Crippen molar-refractivity contribution in [2.45, 2.75) is 18.9 Å². The topological polar surface area (TPSA) is 64.8 Å². The molecule has 2 N–H and O–H groups in total. The average Bonchev–Trinajstić information content (AvgIpc) is 2.15. The van der Waals surface area contributed by atoms with Gasteiger partial charge < -0.3 is 5.11 Å². The van der Waals surface area contributed by atoms with Crippen molar-refractivity contribution in [1.29, 1.82) is 0 Å². The molecule has 0 amide bonds. The molecule has 7 heteroatoms. The van der Waals surface area contributed by atoms with Crippen LogP contribution in [0, 0.1) is 4.91 Å². The summed E-state index contributed by atoms with van der Waals surface area (Å²) < 4.78 is 0. The van der Waals surface area contributed by atoms with Gasteiger partial charge in [-0.1, -0.05) is 11.6 Å². The smallest absolute Gasteiger partial charge is 0.274 e. The molecular weight excluding hydrogens is 198 g/mol. The summed E-state index contributed by atoms with van der Waals surface area (Å²) in [5, 5.41) is 10.7. The van der Waals surface area contributed by atoms with Crippen LogP contribution < -0.4 is 5.59 Å². The Bertz CT molecular complexity index is 173. The Kier molecular flexibility index (Phi) is 4.20. The monoisotopic (exact) mass is 210 g/mol. The van der Waals surface area contributed by atoms with Crippen LogP contribution in [0.4, 0.5) is 0 Å². The lowest BCUT2D eigenvalue weighted by Crippen LogP contribution is -2.47. The van der Waals surface area contributed by atoms with E-state index in [0.717, 1.165) is 0 Å². The second-order valence-electron chi connectivity index (χ2n) is 2.80. The van der Waals surface area contributed by atoms with E-state index < -0.39 is 0 Å². The Morgan fingerprint density at radius 2 is 2.23 bits per heavy atom. The zero-order valence-electron chi connectivity index (χ0n) is 7.15. The molecule has 0 aromatic rings. The Labute approximate surface area is 80.9 Å². The molecule has 0 aromatic carbocycles. The third-order valence-corrected chi connectivity index (χ3v) is 2.00. The highest BCUT2D eigenvalue weighted by Crippen LogP contribution is 2.08. The lowest BCUT2D eigenvalue weighted by molar-refractivity contribution is -0.789. The molecular formula is C6H13ClN3O3+. The predicted molar refractivity (Wildman–Crippen MR) is 45.4 cm³/mol. The van der Waals surface area contributed by atoms with Gasteiger partial charge in [0.2, 0.25) is 0 Å². The number of hydrogen-bond donors (Lipinski definition) is 2. The lowest BCUT2D eigenvalue weighted by atomic mass is 10.1. The Hall–Kier alpha value is -0.590. The summed E-state index contributed by atoms with van der Waals surface area (Å²) in [6, 6.07) is -0.0881. The van der Waals surface area contributed by atoms with Gasteiger partial charge in [-0.2, -0.15) is 0 Å². The first kappa shape index (κ1) is 10.5. The van der Waals surface area contributed by atoms with Gasteiger partial charge >= 0.3 is 0 Å². The number of nitrogens with one attached hydrogen (secondary N) is 1. The van der Waals surface area contributed by atoms with Gasteiger partial charge in [-0.3, -0.25) is 0 Å². The number of aliphatic hydroxyl groups is 1. The maximum atomic E-state index is 11.1.